The van der Waals surface area contributed by atoms with E-state index >= 15 is 0 Å². The molecule has 28 nitrogen and oxygen atoms in total. The third-order valence-corrected chi connectivity index (χ3v) is 14.6. The maximum absolute atomic E-state index is 14.3. The normalized spacial score (nSPS) is 11.6. The maximum atomic E-state index is 14.3. The number of nitrogens with one attached hydrogen (secondary N) is 8. The number of anilines is 5. The van der Waals surface area contributed by atoms with Gasteiger partial charge in [0, 0.05) is 126 Å². The molecule has 0 saturated carbocycles. The standard InChI is InChI=1S/C62H72N16O12.2ClH/c1-71(2)22-12-20-65-57(83)48-30-42(35-73(48)5)69-59(85)50-28-40(33-75(50)7)67-52(79)16-10-18-63-55(81)38-24-39(27-44(26-38)77-61(87)46-15-9-14-37-25-45(78(89)90)32-47(54(37)46)62(77)88)56(82)64-19-11-17-53(80)68-41-29-51(76(8)34-41)60(86)70-43-31-49(74(6)36-43)58(84)66-21-13-23-72(3)4;;/h9,14-15,24-36H,10-13,16-23H2,1-8H3,(H,63,81)(H,64,82)(H,65,83)(H,66,84)(H,67,79)(H,68,80)(H,69,85)(H,70,86);2*1H. The van der Waals surface area contributed by atoms with Crippen LogP contribution in [0.3, 0.4) is 0 Å². The largest absolute Gasteiger partial charge is 0.352 e. The predicted molar refractivity (Wildman–Crippen MR) is 352 cm³/mol. The van der Waals surface area contributed by atoms with Crippen molar-refractivity contribution in [2.24, 2.45) is 28.2 Å². The first-order valence-corrected chi connectivity index (χ1v) is 28.9. The van der Waals surface area contributed by atoms with Crippen molar-refractivity contribution in [3.63, 3.8) is 0 Å². The van der Waals surface area contributed by atoms with Crippen LogP contribution in [0.5, 0.6) is 0 Å². The van der Waals surface area contributed by atoms with E-state index in [0.29, 0.717) is 47.2 Å². The summed E-state index contributed by atoms with van der Waals surface area (Å²) in [6.45, 7) is 2.48. The average Bonchev–Trinajstić information content (AvgIpc) is 0.832. The number of aromatic nitrogens is 4. The number of amides is 10. The lowest BCUT2D eigenvalue weighted by Crippen LogP contribution is -2.41. The molecular weight excluding hydrogens is 1230 g/mol. The summed E-state index contributed by atoms with van der Waals surface area (Å²) in [5.41, 5.74) is 1.53. The van der Waals surface area contributed by atoms with Gasteiger partial charge in [0.15, 0.2) is 0 Å². The van der Waals surface area contributed by atoms with E-state index in [0.717, 1.165) is 36.9 Å². The molecule has 10 amide bonds. The van der Waals surface area contributed by atoms with Crippen LogP contribution in [0.15, 0.2) is 97.6 Å². The molecule has 0 atom stereocenters. The molecule has 4 aromatic heterocycles. The highest BCUT2D eigenvalue weighted by Crippen LogP contribution is 2.36. The number of nitro benzene ring substituents is 1. The number of nitro groups is 1. The van der Waals surface area contributed by atoms with Crippen LogP contribution in [0.4, 0.5) is 34.1 Å². The number of non-ortho nitro benzene ring substituents is 1. The molecule has 0 fully saturated rings. The van der Waals surface area contributed by atoms with E-state index in [2.05, 4.69) is 42.5 Å². The van der Waals surface area contributed by atoms with Crippen LogP contribution in [0.1, 0.15) is 122 Å². The minimum atomic E-state index is -0.943. The SMILES string of the molecule is CN(C)CCCNC(=O)c1cc(NC(=O)c2cc(NC(=O)CCCNC(=O)c3cc(C(=O)NCCCC(=O)Nc4cc(C(=O)Nc5cc(C(=O)NCCCN(C)C)n(C)c5)n(C)c4)cc(N4C(=O)c5cccc6cc([N+](=O)[O-])cc(c56)C4=O)c3)cn2C)cn1C.Cl.Cl. The molecular formula is C62H74Cl2N16O12. The lowest BCUT2D eigenvalue weighted by Gasteiger charge is -2.27. The monoisotopic (exact) mass is 1300 g/mol. The molecule has 0 aliphatic carbocycles. The van der Waals surface area contributed by atoms with Gasteiger partial charge in [-0.2, -0.15) is 0 Å². The van der Waals surface area contributed by atoms with E-state index in [-0.39, 0.29) is 126 Å². The maximum Gasteiger partial charge on any atom is 0.272 e. The molecule has 1 aliphatic rings. The van der Waals surface area contributed by atoms with Crippen molar-refractivity contribution >= 4 is 129 Å². The highest BCUT2D eigenvalue weighted by Gasteiger charge is 2.36. The van der Waals surface area contributed by atoms with E-state index in [1.165, 1.54) is 63.7 Å². The second-order valence-electron chi connectivity index (χ2n) is 22.3. The van der Waals surface area contributed by atoms with Gasteiger partial charge in [0.1, 0.15) is 22.8 Å². The molecule has 0 unspecified atom stereocenters. The first-order valence-electron chi connectivity index (χ1n) is 28.9. The van der Waals surface area contributed by atoms with Crippen LogP contribution in [-0.2, 0) is 37.8 Å². The summed E-state index contributed by atoms with van der Waals surface area (Å²) in [7, 11) is 14.4. The molecule has 3 aromatic carbocycles. The Morgan fingerprint density at radius 1 is 0.467 bits per heavy atom. The van der Waals surface area contributed by atoms with E-state index < -0.39 is 57.9 Å². The van der Waals surface area contributed by atoms with Crippen molar-refractivity contribution < 1.29 is 52.9 Å². The van der Waals surface area contributed by atoms with Crippen LogP contribution in [0.25, 0.3) is 10.8 Å². The lowest BCUT2D eigenvalue weighted by atomic mass is 9.92. The van der Waals surface area contributed by atoms with Crippen molar-refractivity contribution in [3.05, 3.63) is 153 Å². The van der Waals surface area contributed by atoms with Crippen LogP contribution >= 0.6 is 24.8 Å². The first kappa shape index (κ1) is 70.9. The molecule has 1 aliphatic heterocycles. The van der Waals surface area contributed by atoms with E-state index in [9.17, 15) is 58.1 Å². The second-order valence-corrected chi connectivity index (χ2v) is 22.3. The molecule has 5 heterocycles. The summed E-state index contributed by atoms with van der Waals surface area (Å²) in [4.78, 5) is 151. The molecule has 0 saturated heterocycles. The Kier molecular flexibility index (Phi) is 24.3. The van der Waals surface area contributed by atoms with Gasteiger partial charge >= 0.3 is 0 Å². The molecule has 30 heteroatoms. The Bertz CT molecular complexity index is 3810. The Morgan fingerprint density at radius 2 is 0.848 bits per heavy atom. The molecule has 8 rings (SSSR count). The van der Waals surface area contributed by atoms with E-state index in [1.807, 2.05) is 38.0 Å². The highest BCUT2D eigenvalue weighted by atomic mass is 35.5. The molecule has 488 valence electrons. The number of rotatable bonds is 28. The number of carbonyl (C=O) groups excluding carboxylic acids is 10. The van der Waals surface area contributed by atoms with Crippen molar-refractivity contribution in [1.29, 1.82) is 0 Å². The predicted octanol–water partition coefficient (Wildman–Crippen LogP) is 5.91. The minimum Gasteiger partial charge on any atom is -0.352 e. The smallest absolute Gasteiger partial charge is 0.272 e. The Morgan fingerprint density at radius 3 is 1.26 bits per heavy atom. The fourth-order valence-electron chi connectivity index (χ4n) is 10.2. The molecule has 0 radical (unpaired) electrons. The summed E-state index contributed by atoms with van der Waals surface area (Å²) in [6, 6.07) is 16.6. The van der Waals surface area contributed by atoms with Gasteiger partial charge in [-0.05, 0) is 121 Å². The van der Waals surface area contributed by atoms with Crippen molar-refractivity contribution in [1.82, 2.24) is 49.3 Å². The fraction of sp³-hybridized carbons (Fsp3) is 0.323. The number of imide groups is 1. The van der Waals surface area contributed by atoms with Gasteiger partial charge in [0.2, 0.25) is 11.8 Å². The van der Waals surface area contributed by atoms with Crippen LogP contribution in [-0.4, -0.2) is 160 Å². The highest BCUT2D eigenvalue weighted by molar-refractivity contribution is 6.36. The Balaban J connectivity index is 0.00000672. The minimum absolute atomic E-state index is 0. The third kappa shape index (κ3) is 17.6. The Labute approximate surface area is 541 Å². The number of aryl methyl sites for hydroxylation is 4. The van der Waals surface area contributed by atoms with Gasteiger partial charge in [0.25, 0.3) is 52.9 Å². The summed E-state index contributed by atoms with van der Waals surface area (Å²) in [5.74, 6) is -5.68. The van der Waals surface area contributed by atoms with Gasteiger partial charge in [0.05, 0.1) is 38.9 Å². The van der Waals surface area contributed by atoms with Gasteiger partial charge in [-0.15, -0.1) is 24.8 Å². The molecule has 8 N–H and O–H groups in total. The lowest BCUT2D eigenvalue weighted by molar-refractivity contribution is -0.384. The van der Waals surface area contributed by atoms with Crippen LogP contribution in [0, 0.1) is 10.1 Å². The van der Waals surface area contributed by atoms with Crippen molar-refractivity contribution in [2.45, 2.75) is 38.5 Å². The second kappa shape index (κ2) is 31.5. The topological polar surface area (TPSA) is 340 Å². The van der Waals surface area contributed by atoms with Crippen LogP contribution in [0.2, 0.25) is 0 Å². The fourth-order valence-corrected chi connectivity index (χ4v) is 10.2. The summed E-state index contributed by atoms with van der Waals surface area (Å²) >= 11 is 0. The quantitative estimate of drug-likeness (QED) is 0.0122. The molecule has 0 spiro atoms. The van der Waals surface area contributed by atoms with Gasteiger partial charge in [-0.1, -0.05) is 12.1 Å². The molecule has 0 bridgehead atoms. The zero-order valence-electron chi connectivity index (χ0n) is 52.0. The molecule has 7 aromatic rings. The number of hydrogen-bond acceptors (Lipinski definition) is 14. The van der Waals surface area contributed by atoms with Gasteiger partial charge < -0.3 is 70.6 Å². The zero-order valence-corrected chi connectivity index (χ0v) is 53.6. The van der Waals surface area contributed by atoms with Crippen molar-refractivity contribution in [3.8, 4) is 0 Å². The van der Waals surface area contributed by atoms with Gasteiger partial charge in [-0.3, -0.25) is 58.1 Å². The zero-order chi connectivity index (χ0) is 65.1. The number of carbonyl (C=O) groups is 10. The summed E-state index contributed by atoms with van der Waals surface area (Å²) in [6.07, 6.45) is 7.94. The first-order chi connectivity index (χ1) is 42.8. The summed E-state index contributed by atoms with van der Waals surface area (Å²) in [5, 5.41) is 34.7. The van der Waals surface area contributed by atoms with Crippen LogP contribution < -0.4 is 47.4 Å². The van der Waals surface area contributed by atoms with Gasteiger partial charge in [-0.25, -0.2) is 4.90 Å². The molecule has 92 heavy (non-hydrogen) atoms. The third-order valence-electron chi connectivity index (χ3n) is 14.6. The number of halogens is 2. The number of benzene rings is 3. The van der Waals surface area contributed by atoms with Crippen molar-refractivity contribution in [2.75, 3.05) is 93.6 Å². The number of nitrogens with zero attached hydrogens (tertiary/aromatic N) is 8. The number of hydrogen-bond donors (Lipinski definition) is 8. The Hall–Kier alpha value is -10.2. The van der Waals surface area contributed by atoms with E-state index in [4.69, 9.17) is 0 Å². The average molecular weight is 1310 g/mol. The summed E-state index contributed by atoms with van der Waals surface area (Å²) < 4.78 is 6.26. The van der Waals surface area contributed by atoms with E-state index in [1.54, 1.807) is 74.2 Å².